The van der Waals surface area contributed by atoms with Crippen molar-refractivity contribution in [2.75, 3.05) is 33.7 Å². The monoisotopic (exact) mass is 280 g/mol. The molecule has 0 rings (SSSR count). The van der Waals surface area contributed by atoms with E-state index in [2.05, 4.69) is 6.58 Å². The average Bonchev–Trinajstić information content (AvgIpc) is 2.38. The van der Waals surface area contributed by atoms with Crippen molar-refractivity contribution in [3.8, 4) is 0 Å². The van der Waals surface area contributed by atoms with Gasteiger partial charge in [-0.2, -0.15) is 0 Å². The highest BCUT2D eigenvalue weighted by Crippen LogP contribution is 2.18. The third-order valence-corrected chi connectivity index (χ3v) is 6.29. The molecule has 0 radical (unpaired) electrons. The zero-order valence-corrected chi connectivity index (χ0v) is 13.0. The Labute approximate surface area is 110 Å². The van der Waals surface area contributed by atoms with Gasteiger partial charge in [0, 0.05) is 27.9 Å². The van der Waals surface area contributed by atoms with Crippen molar-refractivity contribution in [1.29, 1.82) is 0 Å². The molecule has 4 nitrogen and oxygen atoms in total. The number of hydrogen-bond donors (Lipinski definition) is 0. The second-order valence-electron chi connectivity index (χ2n) is 3.37. The quantitative estimate of drug-likeness (QED) is 0.429. The van der Waals surface area contributed by atoms with Gasteiger partial charge in [0.05, 0.1) is 0 Å². The lowest BCUT2D eigenvalue weighted by Crippen LogP contribution is -2.55. The molecular formula is C11H24O4SSi. The molecular weight excluding hydrogens is 256 g/mol. The van der Waals surface area contributed by atoms with Crippen molar-refractivity contribution in [2.24, 2.45) is 0 Å². The smallest absolute Gasteiger partial charge is 0.375 e. The molecule has 0 aromatic rings. The highest BCUT2D eigenvalue weighted by atomic mass is 32.2. The van der Waals surface area contributed by atoms with Crippen molar-refractivity contribution in [1.82, 2.24) is 0 Å². The van der Waals surface area contributed by atoms with Gasteiger partial charge in [-0.25, -0.2) is 0 Å². The van der Waals surface area contributed by atoms with Gasteiger partial charge in [-0.05, 0) is 24.0 Å². The molecule has 0 fully saturated rings. The van der Waals surface area contributed by atoms with Gasteiger partial charge in [0.25, 0.3) is 0 Å². The highest BCUT2D eigenvalue weighted by molar-refractivity contribution is 8.02. The van der Waals surface area contributed by atoms with Crippen molar-refractivity contribution < 1.29 is 18.0 Å². The van der Waals surface area contributed by atoms with Crippen LogP contribution in [0, 0.1) is 0 Å². The first-order valence-corrected chi connectivity index (χ1v) is 8.55. The van der Waals surface area contributed by atoms with Gasteiger partial charge in [-0.1, -0.05) is 13.5 Å². The Bertz CT molecular complexity index is 192. The Balaban J connectivity index is 4.15. The van der Waals surface area contributed by atoms with E-state index in [9.17, 15) is 0 Å². The van der Waals surface area contributed by atoms with Crippen molar-refractivity contribution in [3.63, 3.8) is 0 Å². The van der Waals surface area contributed by atoms with Gasteiger partial charge in [-0.3, -0.25) is 0 Å². The Hall–Kier alpha value is 0.147. The minimum absolute atomic E-state index is 0.101. The summed E-state index contributed by atoms with van der Waals surface area (Å²) >= 11 is 1.69. The molecule has 102 valence electrons. The summed E-state index contributed by atoms with van der Waals surface area (Å²) in [6, 6.07) is 0. The van der Waals surface area contributed by atoms with E-state index < -0.39 is 8.80 Å². The van der Waals surface area contributed by atoms with Gasteiger partial charge in [0.15, 0.2) is 0 Å². The van der Waals surface area contributed by atoms with Gasteiger partial charge in [0.1, 0.15) is 5.73 Å². The van der Waals surface area contributed by atoms with E-state index in [0.29, 0.717) is 6.61 Å². The van der Waals surface area contributed by atoms with Gasteiger partial charge in [0.2, 0.25) is 0 Å². The number of rotatable bonds is 11. The number of ether oxygens (including phenoxy) is 1. The van der Waals surface area contributed by atoms with Crippen LogP contribution in [0.5, 0.6) is 0 Å². The van der Waals surface area contributed by atoms with Crippen LogP contribution in [0.1, 0.15) is 19.8 Å². The normalized spacial score (nSPS) is 13.6. The lowest BCUT2D eigenvalue weighted by atomic mass is 10.5. The summed E-state index contributed by atoms with van der Waals surface area (Å²) in [5.74, 6) is 1.02. The topological polar surface area (TPSA) is 36.9 Å². The largest absolute Gasteiger partial charge is 0.530 e. The molecule has 0 saturated heterocycles. The molecule has 0 bridgehead atoms. The maximum Gasteiger partial charge on any atom is 0.530 e. The average molecular weight is 280 g/mol. The van der Waals surface area contributed by atoms with Crippen LogP contribution >= 0.6 is 11.8 Å². The molecule has 0 aromatic heterocycles. The fraction of sp³-hybridized carbons (Fsp3) is 0.818. The molecule has 0 saturated carbocycles. The zero-order valence-electron chi connectivity index (χ0n) is 11.2. The Kier molecular flexibility index (Phi) is 10.2. The van der Waals surface area contributed by atoms with E-state index in [1.54, 1.807) is 33.1 Å². The van der Waals surface area contributed by atoms with Crippen molar-refractivity contribution >= 4 is 20.6 Å². The number of thioether (sulfide) groups is 1. The highest BCUT2D eigenvalue weighted by Gasteiger charge is 2.47. The third kappa shape index (κ3) is 5.54. The molecule has 0 aliphatic carbocycles. The SMILES string of the molecule is C=CSCCCOC(CC)[Si](OC)(OC)OC. The minimum atomic E-state index is -2.66. The molecule has 0 aliphatic rings. The lowest BCUT2D eigenvalue weighted by molar-refractivity contribution is 0.0120. The first-order chi connectivity index (χ1) is 8.20. The second kappa shape index (κ2) is 10.1. The molecule has 1 unspecified atom stereocenters. The molecule has 1 atom stereocenters. The third-order valence-electron chi connectivity index (χ3n) is 2.46. The van der Waals surface area contributed by atoms with Crippen LogP contribution in [-0.4, -0.2) is 48.2 Å². The molecule has 17 heavy (non-hydrogen) atoms. The van der Waals surface area contributed by atoms with Gasteiger partial charge >= 0.3 is 8.80 Å². The fourth-order valence-electron chi connectivity index (χ4n) is 1.57. The summed E-state index contributed by atoms with van der Waals surface area (Å²) in [6.07, 6.45) is 1.80. The van der Waals surface area contributed by atoms with Crippen LogP contribution in [0.2, 0.25) is 0 Å². The second-order valence-corrected chi connectivity index (χ2v) is 7.53. The number of hydrogen-bond acceptors (Lipinski definition) is 5. The molecule has 0 N–H and O–H groups in total. The molecule has 6 heteroatoms. The van der Waals surface area contributed by atoms with E-state index in [0.717, 1.165) is 18.6 Å². The summed E-state index contributed by atoms with van der Waals surface area (Å²) in [6.45, 7) is 6.39. The van der Waals surface area contributed by atoms with Crippen molar-refractivity contribution in [3.05, 3.63) is 12.0 Å². The summed E-state index contributed by atoms with van der Waals surface area (Å²) < 4.78 is 22.1. The Morgan fingerprint density at radius 1 is 1.24 bits per heavy atom. The molecule has 0 amide bonds. The molecule has 0 aliphatic heterocycles. The maximum atomic E-state index is 5.82. The first kappa shape index (κ1) is 17.1. The Morgan fingerprint density at radius 2 is 1.82 bits per heavy atom. The van der Waals surface area contributed by atoms with Crippen LogP contribution in [-0.2, 0) is 18.0 Å². The molecule has 0 heterocycles. The van der Waals surface area contributed by atoms with Crippen LogP contribution < -0.4 is 0 Å². The van der Waals surface area contributed by atoms with Gasteiger partial charge in [-0.15, -0.1) is 11.8 Å². The van der Waals surface area contributed by atoms with Crippen LogP contribution in [0.15, 0.2) is 12.0 Å². The van der Waals surface area contributed by atoms with Crippen LogP contribution in [0.25, 0.3) is 0 Å². The van der Waals surface area contributed by atoms with E-state index in [1.807, 2.05) is 12.3 Å². The van der Waals surface area contributed by atoms with E-state index >= 15 is 0 Å². The predicted molar refractivity (Wildman–Crippen MR) is 74.1 cm³/mol. The molecule has 0 aromatic carbocycles. The summed E-state index contributed by atoms with van der Waals surface area (Å²) in [7, 11) is 2.17. The molecule has 0 spiro atoms. The van der Waals surface area contributed by atoms with E-state index in [1.165, 1.54) is 0 Å². The zero-order chi connectivity index (χ0) is 13.1. The van der Waals surface area contributed by atoms with Crippen molar-refractivity contribution in [2.45, 2.75) is 25.5 Å². The van der Waals surface area contributed by atoms with E-state index in [-0.39, 0.29) is 5.73 Å². The Morgan fingerprint density at radius 3 is 2.24 bits per heavy atom. The summed E-state index contributed by atoms with van der Waals surface area (Å²) in [5, 5.41) is 1.84. The minimum Gasteiger partial charge on any atom is -0.375 e. The maximum absolute atomic E-state index is 5.82. The summed E-state index contributed by atoms with van der Waals surface area (Å²) in [5.41, 5.74) is -0.101. The van der Waals surface area contributed by atoms with Crippen LogP contribution in [0.3, 0.4) is 0 Å². The fourth-order valence-corrected chi connectivity index (χ4v) is 4.13. The van der Waals surface area contributed by atoms with E-state index in [4.69, 9.17) is 18.0 Å². The van der Waals surface area contributed by atoms with Gasteiger partial charge < -0.3 is 18.0 Å². The lowest BCUT2D eigenvalue weighted by Gasteiger charge is -2.31. The van der Waals surface area contributed by atoms with Crippen LogP contribution in [0.4, 0.5) is 0 Å². The summed E-state index contributed by atoms with van der Waals surface area (Å²) in [4.78, 5) is 0. The predicted octanol–water partition coefficient (Wildman–Crippen LogP) is 2.47. The standard InChI is InChI=1S/C11H24O4SSi/c1-6-11(15-9-8-10-16-7-2)17(12-3,13-4)14-5/h7,11H,2,6,8-10H2,1,3-5H3. The first-order valence-electron chi connectivity index (χ1n) is 5.70.